The highest BCUT2D eigenvalue weighted by atomic mass is 16.4. The summed E-state index contributed by atoms with van der Waals surface area (Å²) in [5, 5.41) is 11.5. The summed E-state index contributed by atoms with van der Waals surface area (Å²) >= 11 is 0. The van der Waals surface area contributed by atoms with Crippen molar-refractivity contribution in [2.24, 2.45) is 5.92 Å². The lowest BCUT2D eigenvalue weighted by molar-refractivity contribution is -0.131. The monoisotopic (exact) mass is 275 g/mol. The van der Waals surface area contributed by atoms with E-state index in [1.165, 1.54) is 6.08 Å². The van der Waals surface area contributed by atoms with E-state index in [9.17, 15) is 9.59 Å². The Balaban J connectivity index is 2.91. The minimum Gasteiger partial charge on any atom is -0.478 e. The van der Waals surface area contributed by atoms with Gasteiger partial charge in [0.25, 0.3) is 0 Å². The zero-order chi connectivity index (χ0) is 15.1. The number of carboxylic acid groups (broad SMARTS) is 1. The summed E-state index contributed by atoms with van der Waals surface area (Å²) in [6.07, 6.45) is 4.20. The van der Waals surface area contributed by atoms with E-state index in [4.69, 9.17) is 5.11 Å². The van der Waals surface area contributed by atoms with Crippen LogP contribution in [0.3, 0.4) is 0 Å². The van der Waals surface area contributed by atoms with Crippen LogP contribution in [0.4, 0.5) is 5.69 Å². The largest absolute Gasteiger partial charge is 0.478 e. The van der Waals surface area contributed by atoms with Crippen molar-refractivity contribution in [1.29, 1.82) is 0 Å². The average molecular weight is 275 g/mol. The van der Waals surface area contributed by atoms with Crippen LogP contribution in [0, 0.1) is 12.8 Å². The van der Waals surface area contributed by atoms with Gasteiger partial charge in [-0.1, -0.05) is 26.0 Å². The van der Waals surface area contributed by atoms with Crippen molar-refractivity contribution in [3.05, 3.63) is 35.4 Å². The number of benzene rings is 1. The van der Waals surface area contributed by atoms with Gasteiger partial charge in [0.2, 0.25) is 5.91 Å². The normalized spacial score (nSPS) is 11.0. The molecule has 0 heterocycles. The standard InChI is InChI=1S/C16H21NO3/c1-4-13(5-2)16(20)17-14-10-12(7-6-11(14)3)8-9-15(18)19/h6-10,13H,4-5H2,1-3H3,(H,17,20)(H,18,19). The first-order chi connectivity index (χ1) is 9.47. The van der Waals surface area contributed by atoms with Crippen molar-refractivity contribution in [3.8, 4) is 0 Å². The lowest BCUT2D eigenvalue weighted by Crippen LogP contribution is -2.22. The number of aryl methyl sites for hydroxylation is 1. The quantitative estimate of drug-likeness (QED) is 0.781. The van der Waals surface area contributed by atoms with E-state index in [1.54, 1.807) is 6.07 Å². The molecule has 20 heavy (non-hydrogen) atoms. The summed E-state index contributed by atoms with van der Waals surface area (Å²) in [7, 11) is 0. The molecular weight excluding hydrogens is 254 g/mol. The molecule has 1 aromatic carbocycles. The summed E-state index contributed by atoms with van der Waals surface area (Å²) in [5.74, 6) is -0.974. The van der Waals surface area contributed by atoms with Gasteiger partial charge >= 0.3 is 5.97 Å². The van der Waals surface area contributed by atoms with Gasteiger partial charge in [-0.05, 0) is 43.0 Å². The second kappa shape index (κ2) is 7.48. The number of hydrogen-bond donors (Lipinski definition) is 2. The van der Waals surface area contributed by atoms with Crippen LogP contribution in [-0.2, 0) is 9.59 Å². The van der Waals surface area contributed by atoms with E-state index in [2.05, 4.69) is 5.32 Å². The molecule has 1 amide bonds. The third kappa shape index (κ3) is 4.53. The lowest BCUT2D eigenvalue weighted by atomic mass is 10.0. The Morgan fingerprint density at radius 3 is 2.50 bits per heavy atom. The van der Waals surface area contributed by atoms with Crippen LogP contribution < -0.4 is 5.32 Å². The number of rotatable bonds is 6. The Bertz CT molecular complexity index is 516. The molecule has 0 aliphatic heterocycles. The zero-order valence-corrected chi connectivity index (χ0v) is 12.1. The number of aliphatic carboxylic acids is 1. The van der Waals surface area contributed by atoms with Gasteiger partial charge in [0.15, 0.2) is 0 Å². The van der Waals surface area contributed by atoms with Crippen LogP contribution in [-0.4, -0.2) is 17.0 Å². The van der Waals surface area contributed by atoms with Crippen LogP contribution in [0.1, 0.15) is 37.8 Å². The van der Waals surface area contributed by atoms with Gasteiger partial charge in [-0.3, -0.25) is 4.79 Å². The lowest BCUT2D eigenvalue weighted by Gasteiger charge is -2.14. The molecule has 0 radical (unpaired) electrons. The molecule has 108 valence electrons. The molecule has 0 bridgehead atoms. The summed E-state index contributed by atoms with van der Waals surface area (Å²) < 4.78 is 0. The van der Waals surface area contributed by atoms with Gasteiger partial charge in [-0.2, -0.15) is 0 Å². The zero-order valence-electron chi connectivity index (χ0n) is 12.1. The molecule has 2 N–H and O–H groups in total. The summed E-state index contributed by atoms with van der Waals surface area (Å²) in [4.78, 5) is 22.6. The van der Waals surface area contributed by atoms with Gasteiger partial charge in [0.1, 0.15) is 0 Å². The maximum absolute atomic E-state index is 12.1. The Labute approximate surface area is 119 Å². The Morgan fingerprint density at radius 1 is 1.30 bits per heavy atom. The average Bonchev–Trinajstić information content (AvgIpc) is 2.41. The van der Waals surface area contributed by atoms with E-state index in [0.717, 1.165) is 35.7 Å². The van der Waals surface area contributed by atoms with Crippen molar-refractivity contribution in [3.63, 3.8) is 0 Å². The predicted molar refractivity (Wildman–Crippen MR) is 80.6 cm³/mol. The highest BCUT2D eigenvalue weighted by molar-refractivity contribution is 5.93. The maximum Gasteiger partial charge on any atom is 0.328 e. The number of amides is 1. The van der Waals surface area contributed by atoms with Crippen LogP contribution in [0.2, 0.25) is 0 Å². The smallest absolute Gasteiger partial charge is 0.328 e. The van der Waals surface area contributed by atoms with E-state index in [-0.39, 0.29) is 11.8 Å². The molecule has 1 rings (SSSR count). The number of nitrogens with one attached hydrogen (secondary N) is 1. The molecule has 0 aromatic heterocycles. The second-order valence-corrected chi connectivity index (χ2v) is 4.75. The van der Waals surface area contributed by atoms with Gasteiger partial charge < -0.3 is 10.4 Å². The van der Waals surface area contributed by atoms with Crippen molar-refractivity contribution >= 4 is 23.6 Å². The predicted octanol–water partition coefficient (Wildman–Crippen LogP) is 3.47. The van der Waals surface area contributed by atoms with Gasteiger partial charge in [0.05, 0.1) is 0 Å². The van der Waals surface area contributed by atoms with Gasteiger partial charge in [0, 0.05) is 17.7 Å². The number of carbonyl (C=O) groups excluding carboxylic acids is 1. The van der Waals surface area contributed by atoms with Crippen molar-refractivity contribution < 1.29 is 14.7 Å². The van der Waals surface area contributed by atoms with Crippen LogP contribution in [0.5, 0.6) is 0 Å². The van der Waals surface area contributed by atoms with Gasteiger partial charge in [-0.25, -0.2) is 4.79 Å². The molecule has 0 aliphatic rings. The fourth-order valence-electron chi connectivity index (χ4n) is 1.94. The molecule has 4 nitrogen and oxygen atoms in total. The molecule has 0 spiro atoms. The highest BCUT2D eigenvalue weighted by Crippen LogP contribution is 2.20. The van der Waals surface area contributed by atoms with Crippen LogP contribution in [0.15, 0.2) is 24.3 Å². The minimum absolute atomic E-state index is 0.00705. The third-order valence-corrected chi connectivity index (χ3v) is 3.29. The molecule has 0 atom stereocenters. The molecule has 0 unspecified atom stereocenters. The van der Waals surface area contributed by atoms with Gasteiger partial charge in [-0.15, -0.1) is 0 Å². The molecule has 1 aromatic rings. The van der Waals surface area contributed by atoms with E-state index in [0.29, 0.717) is 0 Å². The number of carbonyl (C=O) groups is 2. The van der Waals surface area contributed by atoms with Crippen molar-refractivity contribution in [2.45, 2.75) is 33.6 Å². The van der Waals surface area contributed by atoms with Crippen LogP contribution >= 0.6 is 0 Å². The van der Waals surface area contributed by atoms with E-state index in [1.807, 2.05) is 32.9 Å². The third-order valence-electron chi connectivity index (χ3n) is 3.29. The number of anilines is 1. The fourth-order valence-corrected chi connectivity index (χ4v) is 1.94. The summed E-state index contributed by atoms with van der Waals surface area (Å²) in [5.41, 5.74) is 2.43. The van der Waals surface area contributed by atoms with Crippen LogP contribution in [0.25, 0.3) is 6.08 Å². The van der Waals surface area contributed by atoms with Crippen molar-refractivity contribution in [1.82, 2.24) is 0 Å². The molecule has 0 aliphatic carbocycles. The Morgan fingerprint density at radius 2 is 1.95 bits per heavy atom. The molecule has 0 saturated heterocycles. The summed E-state index contributed by atoms with van der Waals surface area (Å²) in [6.45, 7) is 5.90. The molecule has 0 fully saturated rings. The Kier molecular flexibility index (Phi) is 5.97. The highest BCUT2D eigenvalue weighted by Gasteiger charge is 2.14. The number of carboxylic acids is 1. The Hall–Kier alpha value is -2.10. The fraction of sp³-hybridized carbons (Fsp3) is 0.375. The SMILES string of the molecule is CCC(CC)C(=O)Nc1cc(C=CC(=O)O)ccc1C. The van der Waals surface area contributed by atoms with E-state index < -0.39 is 5.97 Å². The molecular formula is C16H21NO3. The second-order valence-electron chi connectivity index (χ2n) is 4.75. The number of hydrogen-bond acceptors (Lipinski definition) is 2. The maximum atomic E-state index is 12.1. The molecule has 0 saturated carbocycles. The van der Waals surface area contributed by atoms with Crippen molar-refractivity contribution in [2.75, 3.05) is 5.32 Å². The minimum atomic E-state index is -0.992. The summed E-state index contributed by atoms with van der Waals surface area (Å²) in [6, 6.07) is 5.47. The first kappa shape index (κ1) is 16.0. The first-order valence-electron chi connectivity index (χ1n) is 6.80. The first-order valence-corrected chi connectivity index (χ1v) is 6.80. The van der Waals surface area contributed by atoms with E-state index >= 15 is 0 Å². The topological polar surface area (TPSA) is 66.4 Å². The molecule has 4 heteroatoms.